The summed E-state index contributed by atoms with van der Waals surface area (Å²) < 4.78 is 53.4. The molecule has 0 spiro atoms. The summed E-state index contributed by atoms with van der Waals surface area (Å²) in [7, 11) is -14.0. The number of nitrogens with zero attached hydrogens (tertiary/aromatic N) is 3. The number of carbonyl (C=O) groups excluding carboxylic acids is 3. The molecule has 0 bridgehead atoms. The van der Waals surface area contributed by atoms with Gasteiger partial charge in [0.25, 0.3) is 0 Å². The molecule has 7 atom stereocenters. The molecule has 362 valence electrons. The van der Waals surface area contributed by atoms with Crippen molar-refractivity contribution in [2.75, 3.05) is 24.6 Å². The van der Waals surface area contributed by atoms with Crippen LogP contribution >= 0.6 is 45.1 Å². The summed E-state index contributed by atoms with van der Waals surface area (Å²) in [5.74, 6) is -0.689. The van der Waals surface area contributed by atoms with Crippen LogP contribution in [0.5, 0.6) is 0 Å². The molecule has 3 amide bonds. The van der Waals surface area contributed by atoms with E-state index < -0.39 is 108 Å². The number of hydrogen-bond acceptors (Lipinski definition) is 19. The third-order valence-electron chi connectivity index (χ3n) is 8.47. The van der Waals surface area contributed by atoms with Gasteiger partial charge in [-0.3, -0.25) is 28.5 Å². The first-order chi connectivity index (χ1) is 30.1. The average molecular weight is 1020 g/mol. The summed E-state index contributed by atoms with van der Waals surface area (Å²) >= 11 is 0. The number of nitrogens with one attached hydrogen (secondary N) is 3. The highest BCUT2D eigenvalue weighted by Gasteiger charge is 2.43. The highest BCUT2D eigenvalue weighted by molar-refractivity contribution is 8.77. The van der Waals surface area contributed by atoms with Crippen LogP contribution < -0.4 is 21.7 Å². The molecule has 1 aliphatic heterocycles. The molecular formula is C32H46N7O21P3S2. The summed E-state index contributed by atoms with van der Waals surface area (Å²) in [6.45, 7) is 2.83. The van der Waals surface area contributed by atoms with Crippen LogP contribution in [0, 0.1) is 11.8 Å². The lowest BCUT2D eigenvalue weighted by Gasteiger charge is -2.23. The Morgan fingerprint density at radius 1 is 0.969 bits per heavy atom. The van der Waals surface area contributed by atoms with Crippen LogP contribution in [0.1, 0.15) is 70.6 Å². The molecule has 0 aliphatic carbocycles. The molecule has 3 rings (SSSR count). The fraction of sp³-hybridized carbons (Fsp3) is 0.562. The van der Waals surface area contributed by atoms with Crippen LogP contribution in [-0.2, 0) is 60.3 Å². The SMILES string of the molecule is CC(C)(CCCC(=O)NC(CC(=O)O)C(=O)NC(CC(=O)O)C(=O)O)SSCCC(=O)NCC#Cc1cn(C2CC(O)C(COP(=O)(O)OP(=O)(O)OP(=O)(O)O)O2)c2ncnc(N)c12. The van der Waals surface area contributed by atoms with Crippen LogP contribution in [0.25, 0.3) is 11.0 Å². The smallest absolute Gasteiger partial charge is 0.481 e. The first-order valence-corrected chi connectivity index (χ1v) is 25.5. The third-order valence-corrected chi connectivity index (χ3v) is 15.6. The number of phosphoric ester groups is 1. The number of aliphatic carboxylic acids is 3. The number of fused-ring (bicyclic) bond motifs is 1. The Hall–Kier alpha value is -4.17. The van der Waals surface area contributed by atoms with E-state index in [2.05, 4.69) is 45.6 Å². The summed E-state index contributed by atoms with van der Waals surface area (Å²) in [5, 5.41) is 44.9. The minimum absolute atomic E-state index is 0.0305. The van der Waals surface area contributed by atoms with Crippen molar-refractivity contribution in [2.45, 2.75) is 94.1 Å². The van der Waals surface area contributed by atoms with Crippen molar-refractivity contribution in [1.82, 2.24) is 30.5 Å². The number of ether oxygens (including phenoxy) is 1. The first kappa shape index (κ1) is 55.2. The normalized spacial score (nSPS) is 19.2. The van der Waals surface area contributed by atoms with E-state index in [0.29, 0.717) is 29.5 Å². The molecule has 7 unspecified atom stereocenters. The molecule has 1 saturated heterocycles. The molecule has 1 fully saturated rings. The number of amides is 3. The molecule has 1 aliphatic rings. The third kappa shape index (κ3) is 19.3. The molecule has 2 aromatic rings. The van der Waals surface area contributed by atoms with Crippen molar-refractivity contribution in [3.05, 3.63) is 18.1 Å². The molecule has 0 saturated carbocycles. The molecular weight excluding hydrogens is 975 g/mol. The Labute approximate surface area is 376 Å². The van der Waals surface area contributed by atoms with Crippen molar-refractivity contribution in [3.8, 4) is 11.8 Å². The topological polar surface area (TPSA) is 445 Å². The zero-order valence-electron chi connectivity index (χ0n) is 34.1. The van der Waals surface area contributed by atoms with Crippen LogP contribution in [0.15, 0.2) is 12.5 Å². The summed E-state index contributed by atoms with van der Waals surface area (Å²) in [6, 6.07) is -3.49. The fourth-order valence-corrected chi connectivity index (χ4v) is 11.3. The number of hydrogen-bond donors (Lipinski definition) is 12. The summed E-state index contributed by atoms with van der Waals surface area (Å²) in [4.78, 5) is 116. The van der Waals surface area contributed by atoms with E-state index in [4.69, 9.17) is 35.6 Å². The van der Waals surface area contributed by atoms with Crippen molar-refractivity contribution in [1.29, 1.82) is 0 Å². The maximum atomic E-state index is 12.6. The number of rotatable bonds is 26. The second-order valence-corrected chi connectivity index (χ2v) is 21.8. The standard InChI is InChI=1S/C32H46N7O21P3S2/c1-32(2,8-3-6-23(42)37-18(11-25(43)44)30(47)38-19(31(48)49)12-26(45)46)65-64-10-7-22(41)34-9-4-5-17-14-39(29-27(17)28(33)35-16-36-29)24-13-20(40)21(58-24)15-57-62(53,54)60-63(55,56)59-61(50,51)52/h14,16,18-21,24,40H,3,6-13,15H2,1-2H3,(H,34,41)(H,37,42)(H,38,47)(H,43,44)(H,45,46)(H,48,49)(H,53,54)(H,55,56)(H2,33,35,36)(H2,50,51,52). The quantitative estimate of drug-likeness (QED) is 0.0259. The van der Waals surface area contributed by atoms with Crippen LogP contribution in [0.4, 0.5) is 5.82 Å². The van der Waals surface area contributed by atoms with Gasteiger partial charge in [0.15, 0.2) is 0 Å². The number of aromatic nitrogens is 3. The van der Waals surface area contributed by atoms with Crippen LogP contribution in [0.2, 0.25) is 0 Å². The number of carbonyl (C=O) groups is 6. The Kier molecular flexibility index (Phi) is 20.4. The van der Waals surface area contributed by atoms with Crippen molar-refractivity contribution in [3.63, 3.8) is 0 Å². The van der Waals surface area contributed by atoms with Gasteiger partial charge in [0, 0.05) is 36.0 Å². The van der Waals surface area contributed by atoms with Crippen LogP contribution in [-0.4, -0.2) is 138 Å². The lowest BCUT2D eigenvalue weighted by molar-refractivity contribution is -0.148. The molecule has 13 N–H and O–H groups in total. The van der Waals surface area contributed by atoms with E-state index in [9.17, 15) is 57.4 Å². The molecule has 33 heteroatoms. The zero-order chi connectivity index (χ0) is 48.9. The second kappa shape index (κ2) is 24.0. The van der Waals surface area contributed by atoms with E-state index in [1.165, 1.54) is 32.4 Å². The largest absolute Gasteiger partial charge is 0.490 e. The number of nitrogens with two attached hydrogens (primary N) is 1. The van der Waals surface area contributed by atoms with E-state index in [-0.39, 0.29) is 43.2 Å². The molecule has 28 nitrogen and oxygen atoms in total. The van der Waals surface area contributed by atoms with Gasteiger partial charge in [-0.25, -0.2) is 28.5 Å². The Balaban J connectivity index is 1.47. The molecule has 3 heterocycles. The summed E-state index contributed by atoms with van der Waals surface area (Å²) in [5.41, 5.74) is 6.63. The molecule has 0 aromatic carbocycles. The molecule has 0 radical (unpaired) electrons. The minimum atomic E-state index is -5.77. The van der Waals surface area contributed by atoms with Gasteiger partial charge in [-0.05, 0) is 26.7 Å². The van der Waals surface area contributed by atoms with Gasteiger partial charge < -0.3 is 71.0 Å². The van der Waals surface area contributed by atoms with Crippen LogP contribution in [0.3, 0.4) is 0 Å². The van der Waals surface area contributed by atoms with Gasteiger partial charge >= 0.3 is 41.4 Å². The number of carboxylic acids is 3. The van der Waals surface area contributed by atoms with Gasteiger partial charge in [-0.1, -0.05) is 33.4 Å². The molecule has 2 aromatic heterocycles. The number of phosphoric acid groups is 3. The molecule has 65 heavy (non-hydrogen) atoms. The van der Waals surface area contributed by atoms with E-state index in [0.717, 1.165) is 6.33 Å². The van der Waals surface area contributed by atoms with Gasteiger partial charge in [0.1, 0.15) is 42.2 Å². The van der Waals surface area contributed by atoms with Gasteiger partial charge in [0.05, 0.1) is 43.0 Å². The number of anilines is 1. The highest BCUT2D eigenvalue weighted by Crippen LogP contribution is 2.66. The zero-order valence-corrected chi connectivity index (χ0v) is 38.4. The maximum absolute atomic E-state index is 12.6. The minimum Gasteiger partial charge on any atom is -0.481 e. The highest BCUT2D eigenvalue weighted by atomic mass is 33.1. The Morgan fingerprint density at radius 3 is 2.26 bits per heavy atom. The van der Waals surface area contributed by atoms with E-state index in [1.54, 1.807) is 0 Å². The second-order valence-electron chi connectivity index (χ2n) is 14.3. The first-order valence-electron chi connectivity index (χ1n) is 18.6. The average Bonchev–Trinajstić information content (AvgIpc) is 3.72. The Bertz CT molecular complexity index is 2300. The number of nitrogen functional groups attached to an aromatic ring is 1. The van der Waals surface area contributed by atoms with Gasteiger partial charge in [0.2, 0.25) is 17.7 Å². The van der Waals surface area contributed by atoms with Crippen molar-refractivity contribution in [2.24, 2.45) is 0 Å². The predicted molar refractivity (Wildman–Crippen MR) is 225 cm³/mol. The van der Waals surface area contributed by atoms with Gasteiger partial charge in [-0.15, -0.1) is 0 Å². The fourth-order valence-electron chi connectivity index (χ4n) is 5.65. The number of aliphatic hydroxyl groups excluding tert-OH is 1. The lowest BCUT2D eigenvalue weighted by Crippen LogP contribution is -2.52. The van der Waals surface area contributed by atoms with Gasteiger partial charge in [-0.2, -0.15) is 8.62 Å². The van der Waals surface area contributed by atoms with E-state index >= 15 is 0 Å². The number of carboxylic acid groups (broad SMARTS) is 3. The van der Waals surface area contributed by atoms with Crippen molar-refractivity contribution < 1.29 is 100 Å². The lowest BCUT2D eigenvalue weighted by atomic mass is 10.0. The monoisotopic (exact) mass is 1020 g/mol. The summed E-state index contributed by atoms with van der Waals surface area (Å²) in [6.07, 6.45) is -2.19. The number of aliphatic hydroxyl groups is 1. The Morgan fingerprint density at radius 2 is 1.63 bits per heavy atom. The van der Waals surface area contributed by atoms with Crippen molar-refractivity contribution >= 4 is 97.5 Å². The van der Waals surface area contributed by atoms with E-state index in [1.807, 2.05) is 19.2 Å². The predicted octanol–water partition coefficient (Wildman–Crippen LogP) is 0.197. The maximum Gasteiger partial charge on any atom is 0.490 e.